The molecule has 0 amide bonds. The van der Waals surface area contributed by atoms with Gasteiger partial charge in [0, 0.05) is 5.56 Å². The Hall–Kier alpha value is -2.07. The van der Waals surface area contributed by atoms with Crippen molar-refractivity contribution in [2.75, 3.05) is 7.11 Å². The fourth-order valence-corrected chi connectivity index (χ4v) is 1.73. The molecule has 0 fully saturated rings. The largest absolute Gasteiger partial charge is 0.493 e. The molecule has 4 heteroatoms. The van der Waals surface area contributed by atoms with Crippen molar-refractivity contribution in [3.8, 4) is 11.5 Å². The number of aliphatic hydroxyl groups excluding tert-OH is 1. The van der Waals surface area contributed by atoms with Crippen LogP contribution in [0.5, 0.6) is 11.5 Å². The lowest BCUT2D eigenvalue weighted by molar-refractivity contribution is 0.253. The molecular formula is C15H15FO3. The first-order valence-corrected chi connectivity index (χ1v) is 5.89. The van der Waals surface area contributed by atoms with Crippen LogP contribution in [0.3, 0.4) is 0 Å². The molecule has 0 heterocycles. The van der Waals surface area contributed by atoms with Crippen LogP contribution in [0.4, 0.5) is 4.39 Å². The molecule has 0 atom stereocenters. The second-order valence-corrected chi connectivity index (χ2v) is 4.00. The molecule has 0 saturated heterocycles. The predicted octanol–water partition coefficient (Wildman–Crippen LogP) is 2.91. The van der Waals surface area contributed by atoms with E-state index in [4.69, 9.17) is 14.6 Å². The summed E-state index contributed by atoms with van der Waals surface area (Å²) in [6.45, 7) is -0.138. The Kier molecular flexibility index (Phi) is 4.36. The Labute approximate surface area is 111 Å². The van der Waals surface area contributed by atoms with Crippen LogP contribution in [0, 0.1) is 5.82 Å². The van der Waals surface area contributed by atoms with E-state index in [9.17, 15) is 4.39 Å². The summed E-state index contributed by atoms with van der Waals surface area (Å²) >= 11 is 0. The van der Waals surface area contributed by atoms with Gasteiger partial charge in [-0.3, -0.25) is 0 Å². The van der Waals surface area contributed by atoms with E-state index in [0.29, 0.717) is 5.75 Å². The minimum Gasteiger partial charge on any atom is -0.493 e. The summed E-state index contributed by atoms with van der Waals surface area (Å²) in [6, 6.07) is 12.5. The number of benzene rings is 2. The van der Waals surface area contributed by atoms with Gasteiger partial charge in [-0.05, 0) is 17.7 Å². The minimum atomic E-state index is -0.585. The average molecular weight is 262 g/mol. The molecule has 0 aliphatic heterocycles. The Bertz CT molecular complexity index is 541. The van der Waals surface area contributed by atoms with Gasteiger partial charge in [0.1, 0.15) is 6.61 Å². The van der Waals surface area contributed by atoms with Crippen LogP contribution in [0.1, 0.15) is 11.1 Å². The number of rotatable bonds is 5. The molecule has 0 aromatic heterocycles. The SMILES string of the molecule is COc1ccc(CO)c(F)c1OCc1ccccc1. The first-order chi connectivity index (χ1) is 9.26. The maximum absolute atomic E-state index is 14.1. The second-order valence-electron chi connectivity index (χ2n) is 4.00. The standard InChI is InChI=1S/C15H15FO3/c1-18-13-8-7-12(9-17)14(16)15(13)19-10-11-5-3-2-4-6-11/h2-8,17H,9-10H2,1H3. The Balaban J connectivity index is 2.23. The Morgan fingerprint density at radius 2 is 1.84 bits per heavy atom. The van der Waals surface area contributed by atoms with E-state index in [1.54, 1.807) is 6.07 Å². The van der Waals surface area contributed by atoms with Gasteiger partial charge in [-0.1, -0.05) is 30.3 Å². The van der Waals surface area contributed by atoms with Gasteiger partial charge >= 0.3 is 0 Å². The molecule has 0 unspecified atom stereocenters. The lowest BCUT2D eigenvalue weighted by Crippen LogP contribution is -2.02. The number of aliphatic hydroxyl groups is 1. The van der Waals surface area contributed by atoms with Gasteiger partial charge < -0.3 is 14.6 Å². The van der Waals surface area contributed by atoms with Crippen LogP contribution >= 0.6 is 0 Å². The highest BCUT2D eigenvalue weighted by Crippen LogP contribution is 2.33. The molecule has 2 aromatic carbocycles. The van der Waals surface area contributed by atoms with E-state index >= 15 is 0 Å². The zero-order chi connectivity index (χ0) is 13.7. The third-order valence-electron chi connectivity index (χ3n) is 2.76. The summed E-state index contributed by atoms with van der Waals surface area (Å²) in [6.07, 6.45) is 0. The molecule has 0 aliphatic rings. The zero-order valence-corrected chi connectivity index (χ0v) is 10.6. The van der Waals surface area contributed by atoms with Crippen molar-refractivity contribution in [2.24, 2.45) is 0 Å². The topological polar surface area (TPSA) is 38.7 Å². The van der Waals surface area contributed by atoms with Crippen molar-refractivity contribution >= 4 is 0 Å². The molecule has 0 bridgehead atoms. The number of halogens is 1. The molecule has 2 aromatic rings. The average Bonchev–Trinajstić information content (AvgIpc) is 2.46. The van der Waals surface area contributed by atoms with Crippen molar-refractivity contribution in [3.63, 3.8) is 0 Å². The first kappa shape index (κ1) is 13.4. The number of ether oxygens (including phenoxy) is 2. The maximum Gasteiger partial charge on any atom is 0.197 e. The Morgan fingerprint density at radius 3 is 2.47 bits per heavy atom. The molecule has 0 aliphatic carbocycles. The number of hydrogen-bond donors (Lipinski definition) is 1. The van der Waals surface area contributed by atoms with Gasteiger partial charge in [-0.25, -0.2) is 4.39 Å². The van der Waals surface area contributed by atoms with E-state index in [1.165, 1.54) is 13.2 Å². The lowest BCUT2D eigenvalue weighted by Gasteiger charge is -2.13. The van der Waals surface area contributed by atoms with Crippen molar-refractivity contribution in [3.05, 3.63) is 59.4 Å². The zero-order valence-electron chi connectivity index (χ0n) is 10.6. The summed E-state index contributed by atoms with van der Waals surface area (Å²) in [4.78, 5) is 0. The van der Waals surface area contributed by atoms with Crippen LogP contribution in [-0.2, 0) is 13.2 Å². The number of hydrogen-bond acceptors (Lipinski definition) is 3. The highest BCUT2D eigenvalue weighted by molar-refractivity contribution is 5.44. The Morgan fingerprint density at radius 1 is 1.11 bits per heavy atom. The van der Waals surface area contributed by atoms with Gasteiger partial charge in [0.25, 0.3) is 0 Å². The van der Waals surface area contributed by atoms with Gasteiger partial charge in [0.05, 0.1) is 13.7 Å². The van der Waals surface area contributed by atoms with E-state index in [2.05, 4.69) is 0 Å². The van der Waals surface area contributed by atoms with Crippen LogP contribution in [0.25, 0.3) is 0 Å². The smallest absolute Gasteiger partial charge is 0.197 e. The maximum atomic E-state index is 14.1. The van der Waals surface area contributed by atoms with Crippen molar-refractivity contribution in [2.45, 2.75) is 13.2 Å². The summed E-state index contributed by atoms with van der Waals surface area (Å²) < 4.78 is 24.6. The van der Waals surface area contributed by atoms with Crippen molar-refractivity contribution in [1.29, 1.82) is 0 Å². The normalized spacial score (nSPS) is 10.3. The third kappa shape index (κ3) is 3.03. The molecule has 2 rings (SSSR count). The fraction of sp³-hybridized carbons (Fsp3) is 0.200. The lowest BCUT2D eigenvalue weighted by atomic mass is 10.2. The predicted molar refractivity (Wildman–Crippen MR) is 69.6 cm³/mol. The van der Waals surface area contributed by atoms with Crippen LogP contribution in [0.15, 0.2) is 42.5 Å². The molecular weight excluding hydrogens is 247 g/mol. The van der Waals surface area contributed by atoms with Crippen LogP contribution in [0.2, 0.25) is 0 Å². The second kappa shape index (κ2) is 6.20. The van der Waals surface area contributed by atoms with E-state index in [1.807, 2.05) is 30.3 Å². The van der Waals surface area contributed by atoms with Crippen LogP contribution < -0.4 is 9.47 Å². The third-order valence-corrected chi connectivity index (χ3v) is 2.76. The molecule has 100 valence electrons. The minimum absolute atomic E-state index is 0.0258. The summed E-state index contributed by atoms with van der Waals surface area (Å²) in [7, 11) is 1.45. The quantitative estimate of drug-likeness (QED) is 0.900. The molecule has 19 heavy (non-hydrogen) atoms. The molecule has 0 spiro atoms. The molecule has 0 saturated carbocycles. The monoisotopic (exact) mass is 262 g/mol. The molecule has 0 radical (unpaired) electrons. The van der Waals surface area contributed by atoms with Crippen LogP contribution in [-0.4, -0.2) is 12.2 Å². The highest BCUT2D eigenvalue weighted by Gasteiger charge is 2.15. The van der Waals surface area contributed by atoms with Crippen molar-refractivity contribution in [1.82, 2.24) is 0 Å². The fourth-order valence-electron chi connectivity index (χ4n) is 1.73. The first-order valence-electron chi connectivity index (χ1n) is 5.89. The van der Waals surface area contributed by atoms with E-state index in [0.717, 1.165) is 5.56 Å². The molecule has 1 N–H and O–H groups in total. The summed E-state index contributed by atoms with van der Waals surface area (Å²) in [5.74, 6) is -0.249. The highest BCUT2D eigenvalue weighted by atomic mass is 19.1. The summed E-state index contributed by atoms with van der Waals surface area (Å²) in [5, 5.41) is 9.06. The van der Waals surface area contributed by atoms with Gasteiger partial charge in [-0.15, -0.1) is 0 Å². The van der Waals surface area contributed by atoms with Crippen molar-refractivity contribution < 1.29 is 19.0 Å². The van der Waals surface area contributed by atoms with E-state index in [-0.39, 0.29) is 24.5 Å². The van der Waals surface area contributed by atoms with Gasteiger partial charge in [-0.2, -0.15) is 0 Å². The van der Waals surface area contributed by atoms with E-state index < -0.39 is 5.82 Å². The number of methoxy groups -OCH3 is 1. The molecule has 3 nitrogen and oxygen atoms in total. The van der Waals surface area contributed by atoms with Gasteiger partial charge in [0.15, 0.2) is 17.3 Å². The summed E-state index contributed by atoms with van der Waals surface area (Å²) in [5.41, 5.74) is 1.11. The van der Waals surface area contributed by atoms with Gasteiger partial charge in [0.2, 0.25) is 0 Å².